The maximum Gasteiger partial charge on any atom is 0.376 e. The van der Waals surface area contributed by atoms with Crippen LogP contribution in [0.3, 0.4) is 0 Å². The van der Waals surface area contributed by atoms with Gasteiger partial charge < -0.3 is 20.6 Å². The molecule has 0 aliphatic carbocycles. The van der Waals surface area contributed by atoms with Gasteiger partial charge in [-0.3, -0.25) is 9.59 Å². The highest BCUT2D eigenvalue weighted by Gasteiger charge is 2.11. The van der Waals surface area contributed by atoms with Crippen molar-refractivity contribution in [2.75, 3.05) is 5.32 Å². The molecule has 0 radical (unpaired) electrons. The number of phenols is 1. The Bertz CT molecular complexity index is 823. The molecule has 2 rings (SSSR count). The Kier molecular flexibility index (Phi) is 4.96. The number of nitrogens with one attached hydrogen (secondary N) is 1. The van der Waals surface area contributed by atoms with Crippen LogP contribution >= 0.6 is 0 Å². The number of carboxylic acid groups (broad SMARTS) is 1. The third kappa shape index (κ3) is 4.20. The summed E-state index contributed by atoms with van der Waals surface area (Å²) in [6.45, 7) is 0. The first-order valence-corrected chi connectivity index (χ1v) is 6.75. The third-order valence-corrected chi connectivity index (χ3v) is 3.02. The molecule has 122 valence electrons. The summed E-state index contributed by atoms with van der Waals surface area (Å²) >= 11 is 0. The number of aliphatic hydroxyl groups excluding tert-OH is 1. The van der Waals surface area contributed by atoms with Crippen LogP contribution in [0.15, 0.2) is 54.6 Å². The van der Waals surface area contributed by atoms with Crippen molar-refractivity contribution in [3.63, 3.8) is 0 Å². The molecule has 2 aromatic carbocycles. The van der Waals surface area contributed by atoms with E-state index in [1.165, 1.54) is 42.5 Å². The van der Waals surface area contributed by atoms with E-state index in [0.717, 1.165) is 0 Å². The summed E-state index contributed by atoms with van der Waals surface area (Å²) < 4.78 is 0. The van der Waals surface area contributed by atoms with E-state index in [1.807, 2.05) is 0 Å². The quantitative estimate of drug-likeness (QED) is 0.379. The number of aliphatic carboxylic acids is 1. The highest BCUT2D eigenvalue weighted by atomic mass is 16.4. The summed E-state index contributed by atoms with van der Waals surface area (Å²) in [6.07, 6.45) is 0.587. The lowest BCUT2D eigenvalue weighted by molar-refractivity contribution is -0.146. The van der Waals surface area contributed by atoms with Crippen LogP contribution in [0.4, 0.5) is 5.69 Å². The molecule has 0 aromatic heterocycles. The van der Waals surface area contributed by atoms with Crippen molar-refractivity contribution in [3.8, 4) is 5.75 Å². The number of hydrogen-bond donors (Lipinski definition) is 4. The Labute approximate surface area is 136 Å². The lowest BCUT2D eigenvalue weighted by atomic mass is 10.1. The van der Waals surface area contributed by atoms with Gasteiger partial charge in [-0.1, -0.05) is 12.1 Å². The molecule has 7 heteroatoms. The van der Waals surface area contributed by atoms with Crippen molar-refractivity contribution in [2.45, 2.75) is 0 Å². The third-order valence-electron chi connectivity index (χ3n) is 3.02. The Balaban J connectivity index is 2.18. The number of benzene rings is 2. The zero-order valence-electron chi connectivity index (χ0n) is 12.3. The molecular formula is C17H13NO6. The summed E-state index contributed by atoms with van der Waals surface area (Å²) in [6, 6.07) is 11.6. The zero-order chi connectivity index (χ0) is 17.7. The van der Waals surface area contributed by atoms with Gasteiger partial charge in [0.1, 0.15) is 11.5 Å². The van der Waals surface area contributed by atoms with Gasteiger partial charge in [-0.05, 0) is 36.4 Å². The maximum atomic E-state index is 12.1. The predicted octanol–water partition coefficient (Wildman–Crippen LogP) is 2.20. The maximum absolute atomic E-state index is 12.1. The van der Waals surface area contributed by atoms with E-state index in [-0.39, 0.29) is 11.3 Å². The number of rotatable bonds is 5. The number of phenolic OH excluding ortho intramolecular Hbond substituents is 1. The largest absolute Gasteiger partial charge is 0.508 e. The van der Waals surface area contributed by atoms with E-state index in [1.54, 1.807) is 6.07 Å². The molecule has 0 spiro atoms. The van der Waals surface area contributed by atoms with Gasteiger partial charge in [0.2, 0.25) is 0 Å². The number of aromatic hydroxyl groups is 1. The first-order chi connectivity index (χ1) is 11.4. The fourth-order valence-electron chi connectivity index (χ4n) is 1.84. The Morgan fingerprint density at radius 2 is 1.58 bits per heavy atom. The van der Waals surface area contributed by atoms with Crippen LogP contribution in [0.5, 0.6) is 5.75 Å². The molecule has 24 heavy (non-hydrogen) atoms. The number of anilines is 1. The van der Waals surface area contributed by atoms with Crippen LogP contribution < -0.4 is 5.32 Å². The van der Waals surface area contributed by atoms with Gasteiger partial charge in [-0.2, -0.15) is 0 Å². The number of aliphatic hydroxyl groups is 1. The number of hydrogen-bond acceptors (Lipinski definition) is 5. The molecule has 0 aliphatic heterocycles. The smallest absolute Gasteiger partial charge is 0.376 e. The van der Waals surface area contributed by atoms with Crippen molar-refractivity contribution in [1.82, 2.24) is 0 Å². The molecule has 4 N–H and O–H groups in total. The number of carboxylic acids is 1. The molecule has 0 fully saturated rings. The minimum atomic E-state index is -1.68. The second-order valence-corrected chi connectivity index (χ2v) is 4.78. The van der Waals surface area contributed by atoms with E-state index in [2.05, 4.69) is 5.32 Å². The fraction of sp³-hybridized carbons (Fsp3) is 0. The van der Waals surface area contributed by atoms with Crippen LogP contribution in [-0.2, 0) is 9.59 Å². The number of amides is 1. The SMILES string of the molecule is O=C(O)C(=O)/C=C(\O)c1cccc(NC(=O)c2ccc(O)cc2)c1. The lowest BCUT2D eigenvalue weighted by Crippen LogP contribution is -2.12. The van der Waals surface area contributed by atoms with Crippen molar-refractivity contribution < 1.29 is 29.7 Å². The first kappa shape index (κ1) is 16.8. The van der Waals surface area contributed by atoms with Gasteiger partial charge in [-0.25, -0.2) is 4.79 Å². The number of ketones is 1. The first-order valence-electron chi connectivity index (χ1n) is 6.75. The number of carbonyl (C=O) groups excluding carboxylic acids is 2. The lowest BCUT2D eigenvalue weighted by Gasteiger charge is -2.07. The normalized spacial score (nSPS) is 10.9. The van der Waals surface area contributed by atoms with E-state index in [9.17, 15) is 24.6 Å². The van der Waals surface area contributed by atoms with Crippen molar-refractivity contribution in [1.29, 1.82) is 0 Å². The van der Waals surface area contributed by atoms with Gasteiger partial charge >= 0.3 is 5.97 Å². The van der Waals surface area contributed by atoms with Crippen LogP contribution in [0.2, 0.25) is 0 Å². The van der Waals surface area contributed by atoms with Crippen LogP contribution in [0.25, 0.3) is 5.76 Å². The van der Waals surface area contributed by atoms with Crippen LogP contribution in [-0.4, -0.2) is 33.0 Å². The minimum absolute atomic E-state index is 0.0340. The van der Waals surface area contributed by atoms with E-state index in [4.69, 9.17) is 5.11 Å². The summed E-state index contributed by atoms with van der Waals surface area (Å²) in [5, 5.41) is 30.1. The average molecular weight is 327 g/mol. The number of carbonyl (C=O) groups is 3. The highest BCUT2D eigenvalue weighted by Crippen LogP contribution is 2.18. The van der Waals surface area contributed by atoms with Crippen LogP contribution in [0, 0.1) is 0 Å². The van der Waals surface area contributed by atoms with Gasteiger partial charge in [0.05, 0.1) is 0 Å². The van der Waals surface area contributed by atoms with Gasteiger partial charge in [-0.15, -0.1) is 0 Å². The second-order valence-electron chi connectivity index (χ2n) is 4.78. The van der Waals surface area contributed by atoms with Crippen LogP contribution in [0.1, 0.15) is 15.9 Å². The topological polar surface area (TPSA) is 124 Å². The van der Waals surface area contributed by atoms with E-state index in [0.29, 0.717) is 17.3 Å². The molecule has 0 saturated carbocycles. The van der Waals surface area contributed by atoms with Gasteiger partial charge in [0.15, 0.2) is 0 Å². The monoisotopic (exact) mass is 327 g/mol. The summed E-state index contributed by atoms with van der Waals surface area (Å²) in [5.74, 6) is -3.86. The summed E-state index contributed by atoms with van der Waals surface area (Å²) in [4.78, 5) is 33.6. The molecule has 0 heterocycles. The molecule has 0 bridgehead atoms. The fourth-order valence-corrected chi connectivity index (χ4v) is 1.84. The van der Waals surface area contributed by atoms with Crippen molar-refractivity contribution in [3.05, 3.63) is 65.7 Å². The zero-order valence-corrected chi connectivity index (χ0v) is 12.3. The predicted molar refractivity (Wildman–Crippen MR) is 85.8 cm³/mol. The second kappa shape index (κ2) is 7.10. The van der Waals surface area contributed by atoms with E-state index >= 15 is 0 Å². The Hall–Kier alpha value is -3.61. The Morgan fingerprint density at radius 3 is 2.21 bits per heavy atom. The Morgan fingerprint density at radius 1 is 0.917 bits per heavy atom. The van der Waals surface area contributed by atoms with Crippen molar-refractivity contribution in [2.24, 2.45) is 0 Å². The molecule has 7 nitrogen and oxygen atoms in total. The average Bonchev–Trinajstić information content (AvgIpc) is 2.55. The summed E-state index contributed by atoms with van der Waals surface area (Å²) in [7, 11) is 0. The molecule has 0 unspecified atom stereocenters. The van der Waals surface area contributed by atoms with E-state index < -0.39 is 23.4 Å². The summed E-state index contributed by atoms with van der Waals surface area (Å²) in [5.41, 5.74) is 0.834. The van der Waals surface area contributed by atoms with Gasteiger partial charge in [0.25, 0.3) is 11.7 Å². The molecule has 2 aromatic rings. The standard InChI is InChI=1S/C17H13NO6/c19-13-6-4-10(5-7-13)16(22)18-12-3-1-2-11(8-12)14(20)9-15(21)17(23)24/h1-9,19-20H,(H,18,22)(H,23,24)/b14-9-. The molecule has 0 aliphatic rings. The molecule has 1 amide bonds. The minimum Gasteiger partial charge on any atom is -0.508 e. The molecule has 0 saturated heterocycles. The molecular weight excluding hydrogens is 314 g/mol. The van der Waals surface area contributed by atoms with Gasteiger partial charge in [0, 0.05) is 22.9 Å². The molecule has 0 atom stereocenters. The highest BCUT2D eigenvalue weighted by molar-refractivity contribution is 6.38. The van der Waals surface area contributed by atoms with Crippen molar-refractivity contribution >= 4 is 29.1 Å².